The molecule has 0 unspecified atom stereocenters. The van der Waals surface area contributed by atoms with E-state index in [1.165, 1.54) is 13.2 Å². The molecule has 1 N–H and O–H groups in total. The fraction of sp³-hybridized carbons (Fsp3) is 0.250. The van der Waals surface area contributed by atoms with Crippen molar-refractivity contribution >= 4 is 5.97 Å². The van der Waals surface area contributed by atoms with E-state index in [1.807, 2.05) is 30.3 Å². The van der Waals surface area contributed by atoms with Crippen LogP contribution in [-0.2, 0) is 21.0 Å². The van der Waals surface area contributed by atoms with Crippen molar-refractivity contribution in [2.24, 2.45) is 0 Å². The summed E-state index contributed by atoms with van der Waals surface area (Å²) >= 11 is 0. The second-order valence-corrected chi connectivity index (χ2v) is 3.13. The lowest BCUT2D eigenvalue weighted by Crippen LogP contribution is -2.20. The van der Waals surface area contributed by atoms with Gasteiger partial charge in [-0.05, 0) is 18.1 Å². The highest BCUT2D eigenvalue weighted by Crippen LogP contribution is 2.01. The molecule has 0 amide bonds. The first-order chi connectivity index (χ1) is 7.74. The Bertz CT molecular complexity index is 345. The first-order valence-electron chi connectivity index (χ1n) is 4.87. The molecule has 0 heterocycles. The molecule has 0 saturated heterocycles. The minimum Gasteiger partial charge on any atom is -0.377 e. The number of aliphatic hydroxyl groups is 1. The van der Waals surface area contributed by atoms with Gasteiger partial charge in [-0.15, -0.1) is 0 Å². The SMILES string of the molecule is COOC(=O)[C@@H](O)/C=C/Cc1ccccc1. The van der Waals surface area contributed by atoms with Gasteiger partial charge in [-0.1, -0.05) is 36.4 Å². The van der Waals surface area contributed by atoms with Crippen LogP contribution in [0, 0.1) is 0 Å². The average molecular weight is 222 g/mol. The zero-order chi connectivity index (χ0) is 11.8. The van der Waals surface area contributed by atoms with E-state index in [-0.39, 0.29) is 0 Å². The molecule has 16 heavy (non-hydrogen) atoms. The fourth-order valence-corrected chi connectivity index (χ4v) is 1.16. The van der Waals surface area contributed by atoms with Gasteiger partial charge in [0.2, 0.25) is 0 Å². The molecular weight excluding hydrogens is 208 g/mol. The second-order valence-electron chi connectivity index (χ2n) is 3.13. The number of benzene rings is 1. The van der Waals surface area contributed by atoms with Crippen LogP contribution in [0.15, 0.2) is 42.5 Å². The van der Waals surface area contributed by atoms with Crippen molar-refractivity contribution in [2.45, 2.75) is 12.5 Å². The molecule has 1 aromatic rings. The summed E-state index contributed by atoms with van der Waals surface area (Å²) in [5.74, 6) is -0.827. The lowest BCUT2D eigenvalue weighted by atomic mass is 10.1. The Hall–Kier alpha value is -1.65. The number of allylic oxidation sites excluding steroid dienone is 1. The van der Waals surface area contributed by atoms with E-state index in [4.69, 9.17) is 0 Å². The van der Waals surface area contributed by atoms with E-state index in [0.717, 1.165) is 5.56 Å². The van der Waals surface area contributed by atoms with Crippen molar-refractivity contribution in [1.29, 1.82) is 0 Å². The Labute approximate surface area is 94.0 Å². The largest absolute Gasteiger partial charge is 0.377 e. The Kier molecular flexibility index (Phi) is 5.25. The Balaban J connectivity index is 2.40. The number of carbonyl (C=O) groups excluding carboxylic acids is 1. The molecule has 0 saturated carbocycles. The van der Waals surface area contributed by atoms with E-state index in [2.05, 4.69) is 9.78 Å². The second kappa shape index (κ2) is 6.76. The van der Waals surface area contributed by atoms with Crippen LogP contribution in [0.4, 0.5) is 0 Å². The summed E-state index contributed by atoms with van der Waals surface area (Å²) in [7, 11) is 1.21. The molecule has 4 nitrogen and oxygen atoms in total. The smallest absolute Gasteiger partial charge is 0.374 e. The molecule has 0 fully saturated rings. The maximum atomic E-state index is 10.9. The van der Waals surface area contributed by atoms with Gasteiger partial charge in [-0.2, -0.15) is 4.89 Å². The lowest BCUT2D eigenvalue weighted by Gasteiger charge is -2.02. The molecule has 0 aliphatic rings. The summed E-state index contributed by atoms with van der Waals surface area (Å²) in [6.07, 6.45) is 2.44. The normalized spacial score (nSPS) is 12.6. The molecule has 0 aliphatic heterocycles. The van der Waals surface area contributed by atoms with Crippen LogP contribution in [0.1, 0.15) is 5.56 Å². The third-order valence-corrected chi connectivity index (χ3v) is 1.92. The first kappa shape index (κ1) is 12.4. The third kappa shape index (κ3) is 4.25. The number of rotatable bonds is 5. The molecule has 0 bridgehead atoms. The monoisotopic (exact) mass is 222 g/mol. The minimum absolute atomic E-state index is 0.651. The summed E-state index contributed by atoms with van der Waals surface area (Å²) in [5, 5.41) is 9.29. The van der Waals surface area contributed by atoms with Crippen molar-refractivity contribution in [3.63, 3.8) is 0 Å². The van der Waals surface area contributed by atoms with Crippen LogP contribution in [0.25, 0.3) is 0 Å². The van der Waals surface area contributed by atoms with Crippen LogP contribution in [-0.4, -0.2) is 24.3 Å². The van der Waals surface area contributed by atoms with Crippen LogP contribution in [0.2, 0.25) is 0 Å². The molecule has 0 radical (unpaired) electrons. The van der Waals surface area contributed by atoms with Gasteiger partial charge < -0.3 is 5.11 Å². The predicted molar refractivity (Wildman–Crippen MR) is 58.4 cm³/mol. The number of carbonyl (C=O) groups is 1. The van der Waals surface area contributed by atoms with Gasteiger partial charge in [0.1, 0.15) is 0 Å². The maximum Gasteiger partial charge on any atom is 0.374 e. The van der Waals surface area contributed by atoms with Crippen molar-refractivity contribution < 1.29 is 19.7 Å². The third-order valence-electron chi connectivity index (χ3n) is 1.92. The molecule has 0 aromatic heterocycles. The molecule has 86 valence electrons. The van der Waals surface area contributed by atoms with Crippen molar-refractivity contribution in [3.8, 4) is 0 Å². The minimum atomic E-state index is -1.29. The lowest BCUT2D eigenvalue weighted by molar-refractivity contribution is -0.260. The summed E-state index contributed by atoms with van der Waals surface area (Å²) in [6, 6.07) is 9.71. The van der Waals surface area contributed by atoms with Crippen molar-refractivity contribution in [3.05, 3.63) is 48.0 Å². The molecule has 0 aliphatic carbocycles. The van der Waals surface area contributed by atoms with Gasteiger partial charge in [0.05, 0.1) is 7.11 Å². The van der Waals surface area contributed by atoms with Gasteiger partial charge in [0, 0.05) is 0 Å². The van der Waals surface area contributed by atoms with E-state index in [9.17, 15) is 9.90 Å². The number of hydrogen-bond donors (Lipinski definition) is 1. The summed E-state index contributed by atoms with van der Waals surface area (Å²) in [6.45, 7) is 0. The molecular formula is C12H14O4. The summed E-state index contributed by atoms with van der Waals surface area (Å²) < 4.78 is 0. The van der Waals surface area contributed by atoms with Gasteiger partial charge >= 0.3 is 5.97 Å². The summed E-state index contributed by atoms with van der Waals surface area (Å²) in [5.41, 5.74) is 1.10. The van der Waals surface area contributed by atoms with Gasteiger partial charge in [-0.3, -0.25) is 4.89 Å². The van der Waals surface area contributed by atoms with Crippen molar-refractivity contribution in [2.75, 3.05) is 7.11 Å². The quantitative estimate of drug-likeness (QED) is 0.463. The van der Waals surface area contributed by atoms with Crippen LogP contribution < -0.4 is 0 Å². The van der Waals surface area contributed by atoms with E-state index in [1.54, 1.807) is 6.08 Å². The Morgan fingerprint density at radius 1 is 1.44 bits per heavy atom. The van der Waals surface area contributed by atoms with E-state index in [0.29, 0.717) is 6.42 Å². The topological polar surface area (TPSA) is 55.8 Å². The van der Waals surface area contributed by atoms with Gasteiger partial charge in [-0.25, -0.2) is 4.79 Å². The fourth-order valence-electron chi connectivity index (χ4n) is 1.16. The molecule has 1 rings (SSSR count). The molecule has 4 heteroatoms. The highest BCUT2D eigenvalue weighted by atomic mass is 17.2. The number of hydrogen-bond acceptors (Lipinski definition) is 4. The maximum absolute atomic E-state index is 10.9. The zero-order valence-electron chi connectivity index (χ0n) is 9.00. The van der Waals surface area contributed by atoms with Gasteiger partial charge in [0.15, 0.2) is 6.10 Å². The van der Waals surface area contributed by atoms with Crippen molar-refractivity contribution in [1.82, 2.24) is 0 Å². The van der Waals surface area contributed by atoms with Crippen LogP contribution in [0.3, 0.4) is 0 Å². The zero-order valence-corrected chi connectivity index (χ0v) is 9.00. The van der Waals surface area contributed by atoms with Crippen LogP contribution in [0.5, 0.6) is 0 Å². The molecule has 1 atom stereocenters. The standard InChI is InChI=1S/C12H14O4/c1-15-16-12(14)11(13)9-5-8-10-6-3-2-4-7-10/h2-7,9,11,13H,8H2,1H3/b9-5+/t11-/m0/s1. The molecule has 0 spiro atoms. The van der Waals surface area contributed by atoms with Crippen LogP contribution >= 0.6 is 0 Å². The Morgan fingerprint density at radius 3 is 2.75 bits per heavy atom. The highest BCUT2D eigenvalue weighted by Gasteiger charge is 2.13. The Morgan fingerprint density at radius 2 is 2.12 bits per heavy atom. The number of aliphatic hydroxyl groups excluding tert-OH is 1. The highest BCUT2D eigenvalue weighted by molar-refractivity contribution is 5.75. The van der Waals surface area contributed by atoms with Gasteiger partial charge in [0.25, 0.3) is 0 Å². The van der Waals surface area contributed by atoms with E-state index >= 15 is 0 Å². The predicted octanol–water partition coefficient (Wildman–Crippen LogP) is 1.25. The average Bonchev–Trinajstić information content (AvgIpc) is 2.30. The summed E-state index contributed by atoms with van der Waals surface area (Å²) in [4.78, 5) is 19.2. The first-order valence-corrected chi connectivity index (χ1v) is 4.87. The molecule has 1 aromatic carbocycles. The van der Waals surface area contributed by atoms with E-state index < -0.39 is 12.1 Å².